The van der Waals surface area contributed by atoms with Crippen molar-refractivity contribution in [2.45, 2.75) is 18.2 Å². The van der Waals surface area contributed by atoms with Gasteiger partial charge in [-0.15, -0.1) is 0 Å². The van der Waals surface area contributed by atoms with Crippen LogP contribution in [-0.2, 0) is 14.6 Å². The molecule has 0 aliphatic carbocycles. The Morgan fingerprint density at radius 1 is 1.35 bits per heavy atom. The molecule has 1 amide bonds. The first-order valence-electron chi connectivity index (χ1n) is 4.99. The summed E-state index contributed by atoms with van der Waals surface area (Å²) in [5.74, 6) is -0.383. The lowest BCUT2D eigenvalue weighted by Crippen LogP contribution is -2.10. The molecule has 0 spiro atoms. The summed E-state index contributed by atoms with van der Waals surface area (Å²) >= 11 is 0. The number of sulfone groups is 1. The van der Waals surface area contributed by atoms with Crippen molar-refractivity contribution < 1.29 is 13.2 Å². The van der Waals surface area contributed by atoms with Crippen molar-refractivity contribution in [3.8, 4) is 6.07 Å². The largest absolute Gasteiger partial charge is 0.325 e. The van der Waals surface area contributed by atoms with Gasteiger partial charge in [0, 0.05) is 5.69 Å². The highest BCUT2D eigenvalue weighted by Gasteiger charge is 2.11. The van der Waals surface area contributed by atoms with Gasteiger partial charge < -0.3 is 5.32 Å². The second kappa shape index (κ2) is 5.46. The van der Waals surface area contributed by atoms with Gasteiger partial charge in [0.25, 0.3) is 0 Å². The van der Waals surface area contributed by atoms with Crippen LogP contribution in [0.1, 0.15) is 13.3 Å². The van der Waals surface area contributed by atoms with E-state index < -0.39 is 15.7 Å². The summed E-state index contributed by atoms with van der Waals surface area (Å²) in [6.45, 7) is 1.57. The molecule has 1 N–H and O–H groups in total. The molecular weight excluding hydrogens is 240 g/mol. The molecule has 0 aliphatic rings. The fourth-order valence-electron chi connectivity index (χ4n) is 1.19. The number of nitrogens with one attached hydrogen (secondary N) is 1. The Bertz CT molecular complexity index is 541. The molecule has 0 fully saturated rings. The highest BCUT2D eigenvalue weighted by molar-refractivity contribution is 7.91. The molecule has 0 bridgehead atoms. The molecule has 0 heterocycles. The van der Waals surface area contributed by atoms with E-state index in [0.29, 0.717) is 5.69 Å². The normalized spacial score (nSPS) is 10.6. The van der Waals surface area contributed by atoms with E-state index >= 15 is 0 Å². The van der Waals surface area contributed by atoms with E-state index in [9.17, 15) is 13.2 Å². The van der Waals surface area contributed by atoms with Crippen LogP contribution < -0.4 is 5.32 Å². The van der Waals surface area contributed by atoms with Crippen molar-refractivity contribution in [3.63, 3.8) is 0 Å². The van der Waals surface area contributed by atoms with Gasteiger partial charge in [0.15, 0.2) is 9.84 Å². The monoisotopic (exact) mass is 252 g/mol. The number of hydrogen-bond acceptors (Lipinski definition) is 4. The zero-order valence-electron chi connectivity index (χ0n) is 9.30. The van der Waals surface area contributed by atoms with Crippen LogP contribution >= 0.6 is 0 Å². The maximum Gasteiger partial charge on any atom is 0.238 e. The predicted octanol–water partition coefficient (Wildman–Crippen LogP) is 1.33. The molecule has 1 rings (SSSR count). The number of nitrogens with zero attached hydrogens (tertiary/aromatic N) is 1. The SMILES string of the molecule is CCS(=O)(=O)c1ccc(NC(=O)CC#N)cc1. The molecule has 6 heteroatoms. The maximum absolute atomic E-state index is 11.5. The lowest BCUT2D eigenvalue weighted by molar-refractivity contribution is -0.115. The van der Waals surface area contributed by atoms with Gasteiger partial charge in [-0.3, -0.25) is 4.79 Å². The van der Waals surface area contributed by atoms with Crippen LogP contribution in [0, 0.1) is 11.3 Å². The number of hydrogen-bond donors (Lipinski definition) is 1. The van der Waals surface area contributed by atoms with Crippen molar-refractivity contribution in [1.29, 1.82) is 5.26 Å². The summed E-state index contributed by atoms with van der Waals surface area (Å²) in [6.07, 6.45) is -0.227. The Morgan fingerprint density at radius 2 is 1.94 bits per heavy atom. The lowest BCUT2D eigenvalue weighted by atomic mass is 10.3. The summed E-state index contributed by atoms with van der Waals surface area (Å²) in [7, 11) is -3.22. The topological polar surface area (TPSA) is 87.0 Å². The van der Waals surface area contributed by atoms with Crippen molar-refractivity contribution in [2.24, 2.45) is 0 Å². The molecule has 0 aliphatic heterocycles. The van der Waals surface area contributed by atoms with Gasteiger partial charge >= 0.3 is 0 Å². The third kappa shape index (κ3) is 3.57. The van der Waals surface area contributed by atoms with Gasteiger partial charge in [0.05, 0.1) is 16.7 Å². The van der Waals surface area contributed by atoms with Crippen molar-refractivity contribution in [1.82, 2.24) is 0 Å². The predicted molar refractivity (Wildman–Crippen MR) is 63.0 cm³/mol. The maximum atomic E-state index is 11.5. The lowest BCUT2D eigenvalue weighted by Gasteiger charge is -2.04. The molecule has 1 aromatic carbocycles. The number of rotatable bonds is 4. The Labute approximate surface area is 100.0 Å². The van der Waals surface area contributed by atoms with Gasteiger partial charge in [0.1, 0.15) is 6.42 Å². The summed E-state index contributed by atoms with van der Waals surface area (Å²) in [5.41, 5.74) is 0.473. The van der Waals surface area contributed by atoms with Crippen LogP contribution in [0.5, 0.6) is 0 Å². The number of nitriles is 1. The third-order valence-electron chi connectivity index (χ3n) is 2.12. The molecule has 90 valence electrons. The van der Waals surface area contributed by atoms with Crippen LogP contribution in [0.3, 0.4) is 0 Å². The number of carbonyl (C=O) groups excluding carboxylic acids is 1. The molecule has 0 aromatic heterocycles. The first kappa shape index (κ1) is 13.2. The Morgan fingerprint density at radius 3 is 2.41 bits per heavy atom. The van der Waals surface area contributed by atoms with E-state index in [2.05, 4.69) is 5.32 Å². The van der Waals surface area contributed by atoms with E-state index in [1.807, 2.05) is 0 Å². The second-order valence-electron chi connectivity index (χ2n) is 3.31. The summed E-state index contributed by atoms with van der Waals surface area (Å²) in [5, 5.41) is 10.8. The molecule has 0 unspecified atom stereocenters. The van der Waals surface area contributed by atoms with Crippen LogP contribution in [0.25, 0.3) is 0 Å². The number of anilines is 1. The highest BCUT2D eigenvalue weighted by Crippen LogP contribution is 2.15. The summed E-state index contributed by atoms with van der Waals surface area (Å²) in [4.78, 5) is 11.3. The van der Waals surface area contributed by atoms with Crippen molar-refractivity contribution in [2.75, 3.05) is 11.1 Å². The Hall–Kier alpha value is -1.87. The minimum atomic E-state index is -3.22. The third-order valence-corrected chi connectivity index (χ3v) is 3.87. The summed E-state index contributed by atoms with van der Waals surface area (Å²) < 4.78 is 23.0. The van der Waals surface area contributed by atoms with Gasteiger partial charge in [-0.1, -0.05) is 6.92 Å². The quantitative estimate of drug-likeness (QED) is 0.875. The zero-order chi connectivity index (χ0) is 12.9. The van der Waals surface area contributed by atoms with E-state index in [-0.39, 0.29) is 17.1 Å². The molecule has 17 heavy (non-hydrogen) atoms. The van der Waals surface area contributed by atoms with Crippen molar-refractivity contribution >= 4 is 21.4 Å². The number of benzene rings is 1. The minimum absolute atomic E-state index is 0.0349. The molecule has 0 atom stereocenters. The summed E-state index contributed by atoms with van der Waals surface area (Å²) in [6, 6.07) is 7.58. The smallest absolute Gasteiger partial charge is 0.238 e. The first-order valence-corrected chi connectivity index (χ1v) is 6.64. The van der Waals surface area contributed by atoms with Crippen LogP contribution in [0.15, 0.2) is 29.2 Å². The Balaban J connectivity index is 2.83. The van der Waals surface area contributed by atoms with Gasteiger partial charge in [0.2, 0.25) is 5.91 Å². The number of amides is 1. The average molecular weight is 252 g/mol. The van der Waals surface area contributed by atoms with Gasteiger partial charge in [-0.05, 0) is 24.3 Å². The van der Waals surface area contributed by atoms with E-state index in [0.717, 1.165) is 0 Å². The van der Waals surface area contributed by atoms with E-state index in [4.69, 9.17) is 5.26 Å². The van der Waals surface area contributed by atoms with Crippen molar-refractivity contribution in [3.05, 3.63) is 24.3 Å². The van der Waals surface area contributed by atoms with Crippen LogP contribution in [0.2, 0.25) is 0 Å². The van der Waals surface area contributed by atoms with Gasteiger partial charge in [-0.25, -0.2) is 8.42 Å². The van der Waals surface area contributed by atoms with Crippen LogP contribution in [-0.4, -0.2) is 20.1 Å². The first-order chi connectivity index (χ1) is 7.99. The average Bonchev–Trinajstić information content (AvgIpc) is 2.30. The fraction of sp³-hybridized carbons (Fsp3) is 0.273. The highest BCUT2D eigenvalue weighted by atomic mass is 32.2. The number of carbonyl (C=O) groups is 1. The molecular formula is C11H12N2O3S. The molecule has 5 nitrogen and oxygen atoms in total. The zero-order valence-corrected chi connectivity index (χ0v) is 10.1. The van der Waals surface area contributed by atoms with E-state index in [1.54, 1.807) is 13.0 Å². The standard InChI is InChI=1S/C11H12N2O3S/c1-2-17(15,16)10-5-3-9(4-6-10)13-11(14)7-8-12/h3-6H,2,7H2,1H3,(H,13,14). The second-order valence-corrected chi connectivity index (χ2v) is 5.59. The Kier molecular flexibility index (Phi) is 4.24. The van der Waals surface area contributed by atoms with E-state index in [1.165, 1.54) is 24.3 Å². The molecule has 1 aromatic rings. The van der Waals surface area contributed by atoms with Gasteiger partial charge in [-0.2, -0.15) is 5.26 Å². The fourth-order valence-corrected chi connectivity index (χ4v) is 2.07. The molecule has 0 saturated carbocycles. The molecule has 0 radical (unpaired) electrons. The molecule has 0 saturated heterocycles. The van der Waals surface area contributed by atoms with Crippen LogP contribution in [0.4, 0.5) is 5.69 Å². The minimum Gasteiger partial charge on any atom is -0.325 e.